The first kappa shape index (κ1) is 18.1. The smallest absolute Gasteiger partial charge is 0.163 e. The molecule has 0 radical (unpaired) electrons. The Bertz CT molecular complexity index is 931. The Kier molecular flexibility index (Phi) is 5.20. The summed E-state index contributed by atoms with van der Waals surface area (Å²) in [4.78, 5) is 2.26. The summed E-state index contributed by atoms with van der Waals surface area (Å²) in [5.74, 6) is 1.39. The number of aromatic nitrogens is 3. The van der Waals surface area contributed by atoms with Gasteiger partial charge in [-0.2, -0.15) is 0 Å². The SMILES string of the molecule is Cn1c(CN2CCOC(c3ccc(F)cc3Cl)C2)nnc1-c1ccccc1. The van der Waals surface area contributed by atoms with Crippen molar-refractivity contribution >= 4 is 11.6 Å². The summed E-state index contributed by atoms with van der Waals surface area (Å²) in [5.41, 5.74) is 1.85. The number of hydrogen-bond donors (Lipinski definition) is 0. The van der Waals surface area contributed by atoms with Gasteiger partial charge in [0.1, 0.15) is 11.6 Å². The van der Waals surface area contributed by atoms with Crippen LogP contribution in [-0.2, 0) is 18.3 Å². The largest absolute Gasteiger partial charge is 0.371 e. The Labute approximate surface area is 162 Å². The minimum Gasteiger partial charge on any atom is -0.371 e. The number of benzene rings is 2. The first-order valence-corrected chi connectivity index (χ1v) is 9.22. The molecule has 5 nitrogen and oxygen atoms in total. The van der Waals surface area contributed by atoms with Gasteiger partial charge in [-0.3, -0.25) is 4.90 Å². The summed E-state index contributed by atoms with van der Waals surface area (Å²) in [6, 6.07) is 14.4. The summed E-state index contributed by atoms with van der Waals surface area (Å²) in [5, 5.41) is 9.11. The van der Waals surface area contributed by atoms with E-state index in [0.717, 1.165) is 29.3 Å². The van der Waals surface area contributed by atoms with E-state index in [-0.39, 0.29) is 11.9 Å². The highest BCUT2D eigenvalue weighted by Crippen LogP contribution is 2.29. The third-order valence-electron chi connectivity index (χ3n) is 4.82. The van der Waals surface area contributed by atoms with Crippen LogP contribution in [0.15, 0.2) is 48.5 Å². The average molecular weight is 387 g/mol. The first-order valence-electron chi connectivity index (χ1n) is 8.84. The van der Waals surface area contributed by atoms with Gasteiger partial charge in [0.15, 0.2) is 5.82 Å². The van der Waals surface area contributed by atoms with Crippen molar-refractivity contribution in [2.75, 3.05) is 19.7 Å². The Morgan fingerprint density at radius 1 is 1.19 bits per heavy atom. The summed E-state index contributed by atoms with van der Waals surface area (Å²) in [7, 11) is 1.98. The molecule has 1 atom stereocenters. The van der Waals surface area contributed by atoms with Crippen LogP contribution in [0.3, 0.4) is 0 Å². The molecule has 0 amide bonds. The lowest BCUT2D eigenvalue weighted by Crippen LogP contribution is -2.38. The zero-order valence-corrected chi connectivity index (χ0v) is 15.7. The molecule has 0 N–H and O–H groups in total. The Hall–Kier alpha value is -2.28. The lowest BCUT2D eigenvalue weighted by atomic mass is 10.1. The Morgan fingerprint density at radius 2 is 2.00 bits per heavy atom. The van der Waals surface area contributed by atoms with Gasteiger partial charge < -0.3 is 9.30 Å². The number of hydrogen-bond acceptors (Lipinski definition) is 4. The Morgan fingerprint density at radius 3 is 2.78 bits per heavy atom. The highest BCUT2D eigenvalue weighted by atomic mass is 35.5. The second-order valence-electron chi connectivity index (χ2n) is 6.63. The van der Waals surface area contributed by atoms with Crippen LogP contribution < -0.4 is 0 Å². The van der Waals surface area contributed by atoms with Crippen LogP contribution in [0.5, 0.6) is 0 Å². The van der Waals surface area contributed by atoms with E-state index in [2.05, 4.69) is 15.1 Å². The zero-order chi connectivity index (χ0) is 18.8. The molecule has 0 aliphatic carbocycles. The molecule has 1 unspecified atom stereocenters. The van der Waals surface area contributed by atoms with E-state index in [1.54, 1.807) is 6.07 Å². The maximum absolute atomic E-state index is 13.3. The zero-order valence-electron chi connectivity index (χ0n) is 15.0. The predicted octanol–water partition coefficient (Wildman–Crippen LogP) is 3.85. The first-order chi connectivity index (χ1) is 13.1. The van der Waals surface area contributed by atoms with Crippen molar-refractivity contribution < 1.29 is 9.13 Å². The highest BCUT2D eigenvalue weighted by Gasteiger charge is 2.25. The molecule has 1 aliphatic heterocycles. The third kappa shape index (κ3) is 3.88. The highest BCUT2D eigenvalue weighted by molar-refractivity contribution is 6.31. The maximum atomic E-state index is 13.3. The predicted molar refractivity (Wildman–Crippen MR) is 102 cm³/mol. The van der Waals surface area contributed by atoms with Gasteiger partial charge in [-0.05, 0) is 12.1 Å². The second-order valence-corrected chi connectivity index (χ2v) is 7.03. The fraction of sp³-hybridized carbons (Fsp3) is 0.300. The van der Waals surface area contributed by atoms with Crippen LogP contribution in [0.25, 0.3) is 11.4 Å². The van der Waals surface area contributed by atoms with Crippen LogP contribution >= 0.6 is 11.6 Å². The molecule has 4 rings (SSSR count). The minimum atomic E-state index is -0.344. The molecule has 2 aromatic carbocycles. The van der Waals surface area contributed by atoms with Gasteiger partial charge in [-0.1, -0.05) is 48.0 Å². The number of halogens is 2. The molecule has 140 valence electrons. The lowest BCUT2D eigenvalue weighted by molar-refractivity contribution is -0.0338. The van der Waals surface area contributed by atoms with Gasteiger partial charge in [0, 0.05) is 36.3 Å². The summed E-state index contributed by atoms with van der Waals surface area (Å²) < 4.78 is 21.2. The van der Waals surface area contributed by atoms with Gasteiger partial charge in [-0.15, -0.1) is 10.2 Å². The maximum Gasteiger partial charge on any atom is 0.163 e. The van der Waals surface area contributed by atoms with Crippen molar-refractivity contribution in [2.24, 2.45) is 7.05 Å². The van der Waals surface area contributed by atoms with Crippen LogP contribution in [0, 0.1) is 5.82 Å². The fourth-order valence-corrected chi connectivity index (χ4v) is 3.62. The van der Waals surface area contributed by atoms with Gasteiger partial charge in [0.25, 0.3) is 0 Å². The number of rotatable bonds is 4. The molecule has 1 aliphatic rings. The van der Waals surface area contributed by atoms with Crippen LogP contribution in [0.2, 0.25) is 5.02 Å². The molecule has 7 heteroatoms. The minimum absolute atomic E-state index is 0.186. The second kappa shape index (κ2) is 7.76. The molecule has 1 saturated heterocycles. The van der Waals surface area contributed by atoms with Gasteiger partial charge in [0.2, 0.25) is 0 Å². The van der Waals surface area contributed by atoms with Crippen molar-refractivity contribution in [3.05, 3.63) is 70.8 Å². The van der Waals surface area contributed by atoms with Crippen molar-refractivity contribution in [1.29, 1.82) is 0 Å². The van der Waals surface area contributed by atoms with E-state index >= 15 is 0 Å². The number of morpholine rings is 1. The number of ether oxygens (including phenoxy) is 1. The van der Waals surface area contributed by atoms with Crippen molar-refractivity contribution in [2.45, 2.75) is 12.6 Å². The molecule has 0 spiro atoms. The van der Waals surface area contributed by atoms with E-state index in [1.807, 2.05) is 41.9 Å². The number of nitrogens with zero attached hydrogens (tertiary/aromatic N) is 4. The van der Waals surface area contributed by atoms with Crippen LogP contribution in [0.1, 0.15) is 17.5 Å². The van der Waals surface area contributed by atoms with E-state index < -0.39 is 0 Å². The van der Waals surface area contributed by atoms with E-state index in [9.17, 15) is 4.39 Å². The topological polar surface area (TPSA) is 43.2 Å². The molecule has 1 aromatic heterocycles. The standard InChI is InChI=1S/C20H20ClFN4O/c1-25-19(23-24-20(25)14-5-3-2-4-6-14)13-26-9-10-27-18(12-26)16-8-7-15(22)11-17(16)21/h2-8,11,18H,9-10,12-13H2,1H3. The fourth-order valence-electron chi connectivity index (χ4n) is 3.33. The summed E-state index contributed by atoms with van der Waals surface area (Å²) in [6.07, 6.45) is -0.186. The van der Waals surface area contributed by atoms with Gasteiger partial charge >= 0.3 is 0 Å². The third-order valence-corrected chi connectivity index (χ3v) is 5.15. The monoisotopic (exact) mass is 386 g/mol. The molecule has 3 aromatic rings. The molecule has 0 saturated carbocycles. The quantitative estimate of drug-likeness (QED) is 0.683. The molecule has 0 bridgehead atoms. The van der Waals surface area contributed by atoms with E-state index in [0.29, 0.717) is 24.7 Å². The van der Waals surface area contributed by atoms with Crippen molar-refractivity contribution in [3.8, 4) is 11.4 Å². The normalized spacial score (nSPS) is 18.0. The van der Waals surface area contributed by atoms with Crippen molar-refractivity contribution in [1.82, 2.24) is 19.7 Å². The van der Waals surface area contributed by atoms with Crippen LogP contribution in [0.4, 0.5) is 4.39 Å². The summed E-state index contributed by atoms with van der Waals surface area (Å²) in [6.45, 7) is 2.71. The van der Waals surface area contributed by atoms with Crippen LogP contribution in [-0.4, -0.2) is 39.4 Å². The van der Waals surface area contributed by atoms with Gasteiger partial charge in [0.05, 0.1) is 19.3 Å². The van der Waals surface area contributed by atoms with E-state index in [4.69, 9.17) is 16.3 Å². The molecular weight excluding hydrogens is 367 g/mol. The lowest BCUT2D eigenvalue weighted by Gasteiger charge is -2.33. The molecule has 27 heavy (non-hydrogen) atoms. The average Bonchev–Trinajstić information content (AvgIpc) is 3.03. The summed E-state index contributed by atoms with van der Waals surface area (Å²) >= 11 is 6.20. The van der Waals surface area contributed by atoms with Gasteiger partial charge in [-0.25, -0.2) is 4.39 Å². The molecule has 2 heterocycles. The molecule has 1 fully saturated rings. The Balaban J connectivity index is 1.49. The molecular formula is C20H20ClFN4O. The van der Waals surface area contributed by atoms with Crippen molar-refractivity contribution in [3.63, 3.8) is 0 Å². The van der Waals surface area contributed by atoms with E-state index in [1.165, 1.54) is 12.1 Å².